The third-order valence-electron chi connectivity index (χ3n) is 3.81. The molecule has 0 unspecified atom stereocenters. The van der Waals surface area contributed by atoms with Gasteiger partial charge in [0, 0.05) is 18.4 Å². The van der Waals surface area contributed by atoms with Crippen molar-refractivity contribution >= 4 is 0 Å². The average Bonchev–Trinajstić information content (AvgIpc) is 2.89. The molecule has 0 aliphatic heterocycles. The van der Waals surface area contributed by atoms with E-state index in [2.05, 4.69) is 22.3 Å². The first kappa shape index (κ1) is 12.4. The van der Waals surface area contributed by atoms with E-state index in [0.717, 1.165) is 43.8 Å². The quantitative estimate of drug-likeness (QED) is 0.918. The Bertz CT molecular complexity index is 515. The molecule has 0 amide bonds. The Labute approximate surface area is 113 Å². The van der Waals surface area contributed by atoms with Crippen LogP contribution in [0.25, 0.3) is 0 Å². The second-order valence-corrected chi connectivity index (χ2v) is 5.32. The van der Waals surface area contributed by atoms with E-state index >= 15 is 0 Å². The number of hydrogen-bond acceptors (Lipinski definition) is 4. The molecule has 2 N–H and O–H groups in total. The molecule has 0 radical (unpaired) electrons. The summed E-state index contributed by atoms with van der Waals surface area (Å²) in [6.45, 7) is 0. The predicted octanol–water partition coefficient (Wildman–Crippen LogP) is 2.65. The smallest absolute Gasteiger partial charge is 0.229 e. The van der Waals surface area contributed by atoms with Crippen LogP contribution in [0.3, 0.4) is 0 Å². The highest BCUT2D eigenvalue weighted by molar-refractivity contribution is 5.18. The van der Waals surface area contributed by atoms with Crippen LogP contribution >= 0.6 is 0 Å². The maximum Gasteiger partial charge on any atom is 0.229 e. The summed E-state index contributed by atoms with van der Waals surface area (Å²) >= 11 is 0. The molecule has 1 aliphatic carbocycles. The fourth-order valence-corrected chi connectivity index (χ4v) is 2.65. The van der Waals surface area contributed by atoms with E-state index in [-0.39, 0.29) is 0 Å². The Balaban J connectivity index is 1.66. The summed E-state index contributed by atoms with van der Waals surface area (Å²) in [6.07, 6.45) is 4.97. The molecule has 0 spiro atoms. The third kappa shape index (κ3) is 3.01. The van der Waals surface area contributed by atoms with E-state index in [9.17, 15) is 0 Å². The van der Waals surface area contributed by atoms with Gasteiger partial charge in [-0.1, -0.05) is 35.5 Å². The third-order valence-corrected chi connectivity index (χ3v) is 3.81. The molecule has 0 saturated heterocycles. The fourth-order valence-electron chi connectivity index (χ4n) is 2.65. The van der Waals surface area contributed by atoms with Crippen LogP contribution in [0.2, 0.25) is 0 Å². The summed E-state index contributed by atoms with van der Waals surface area (Å²) in [5.74, 6) is 1.96. The number of nitrogens with zero attached hydrogens (tertiary/aromatic N) is 2. The van der Waals surface area contributed by atoms with Crippen molar-refractivity contribution in [2.24, 2.45) is 5.73 Å². The van der Waals surface area contributed by atoms with Crippen LogP contribution in [0.1, 0.15) is 48.9 Å². The van der Waals surface area contributed by atoms with Gasteiger partial charge in [-0.3, -0.25) is 0 Å². The molecular formula is C15H19N3O. The highest BCUT2D eigenvalue weighted by Gasteiger charge is 2.24. The zero-order valence-corrected chi connectivity index (χ0v) is 11.0. The van der Waals surface area contributed by atoms with E-state index in [1.165, 1.54) is 5.56 Å². The Kier molecular flexibility index (Phi) is 3.60. The highest BCUT2D eigenvalue weighted by Crippen LogP contribution is 2.31. The fraction of sp³-hybridized carbons (Fsp3) is 0.467. The molecule has 0 atom stereocenters. The molecule has 1 saturated carbocycles. The number of hydrogen-bond donors (Lipinski definition) is 1. The molecule has 4 heteroatoms. The maximum atomic E-state index is 5.92. The molecule has 2 aromatic rings. The number of rotatable bonds is 3. The van der Waals surface area contributed by atoms with E-state index < -0.39 is 0 Å². The van der Waals surface area contributed by atoms with Crippen molar-refractivity contribution in [3.63, 3.8) is 0 Å². The molecule has 1 aromatic heterocycles. The number of benzene rings is 1. The zero-order valence-electron chi connectivity index (χ0n) is 11.0. The molecule has 1 heterocycles. The first-order valence-corrected chi connectivity index (χ1v) is 6.93. The topological polar surface area (TPSA) is 64.9 Å². The molecule has 4 nitrogen and oxygen atoms in total. The van der Waals surface area contributed by atoms with Crippen molar-refractivity contribution in [1.82, 2.24) is 10.1 Å². The van der Waals surface area contributed by atoms with Crippen LogP contribution in [0.15, 0.2) is 34.9 Å². The molecule has 1 fully saturated rings. The van der Waals surface area contributed by atoms with Crippen LogP contribution in [0.5, 0.6) is 0 Å². The number of nitrogens with two attached hydrogens (primary N) is 1. The molecule has 1 aromatic carbocycles. The Morgan fingerprint density at radius 2 is 1.84 bits per heavy atom. The second-order valence-electron chi connectivity index (χ2n) is 5.32. The summed E-state index contributed by atoms with van der Waals surface area (Å²) in [4.78, 5) is 4.54. The van der Waals surface area contributed by atoms with Crippen molar-refractivity contribution in [1.29, 1.82) is 0 Å². The van der Waals surface area contributed by atoms with Crippen molar-refractivity contribution in [3.8, 4) is 0 Å². The van der Waals surface area contributed by atoms with Gasteiger partial charge in [-0.2, -0.15) is 4.98 Å². The van der Waals surface area contributed by atoms with Crippen LogP contribution in [0.4, 0.5) is 0 Å². The molecular weight excluding hydrogens is 238 g/mol. The number of aromatic nitrogens is 2. The summed E-state index contributed by atoms with van der Waals surface area (Å²) in [7, 11) is 0. The van der Waals surface area contributed by atoms with Crippen molar-refractivity contribution in [3.05, 3.63) is 47.6 Å². The predicted molar refractivity (Wildman–Crippen MR) is 72.7 cm³/mol. The van der Waals surface area contributed by atoms with Gasteiger partial charge in [-0.15, -0.1) is 0 Å². The lowest BCUT2D eigenvalue weighted by atomic mass is 9.86. The van der Waals surface area contributed by atoms with Gasteiger partial charge in [0.15, 0.2) is 5.82 Å². The zero-order chi connectivity index (χ0) is 13.1. The van der Waals surface area contributed by atoms with Gasteiger partial charge in [0.1, 0.15) is 0 Å². The summed E-state index contributed by atoms with van der Waals surface area (Å²) in [6, 6.07) is 10.6. The molecule has 0 bridgehead atoms. The lowest BCUT2D eigenvalue weighted by Crippen LogP contribution is -2.25. The standard InChI is InChI=1S/C15H19N3O/c16-13-8-6-12(7-9-13)15-17-14(18-19-15)10-11-4-2-1-3-5-11/h1-5,12-13H,6-10,16H2. The van der Waals surface area contributed by atoms with Crippen LogP contribution in [-0.4, -0.2) is 16.2 Å². The Morgan fingerprint density at radius 1 is 1.11 bits per heavy atom. The summed E-state index contributed by atoms with van der Waals surface area (Å²) in [5, 5.41) is 4.09. The van der Waals surface area contributed by atoms with Gasteiger partial charge in [0.25, 0.3) is 0 Å². The van der Waals surface area contributed by atoms with E-state index in [0.29, 0.717) is 12.0 Å². The molecule has 3 rings (SSSR count). The van der Waals surface area contributed by atoms with E-state index in [1.54, 1.807) is 0 Å². The van der Waals surface area contributed by atoms with Gasteiger partial charge >= 0.3 is 0 Å². The minimum absolute atomic E-state index is 0.350. The van der Waals surface area contributed by atoms with Gasteiger partial charge < -0.3 is 10.3 Å². The van der Waals surface area contributed by atoms with Crippen molar-refractivity contribution < 1.29 is 4.52 Å². The monoisotopic (exact) mass is 257 g/mol. The van der Waals surface area contributed by atoms with Gasteiger partial charge in [0.2, 0.25) is 5.89 Å². The normalized spacial score (nSPS) is 23.4. The van der Waals surface area contributed by atoms with Crippen molar-refractivity contribution in [2.45, 2.75) is 44.1 Å². The lowest BCUT2D eigenvalue weighted by Gasteiger charge is -2.22. The lowest BCUT2D eigenvalue weighted by molar-refractivity contribution is 0.300. The SMILES string of the molecule is NC1CCC(c2nc(Cc3ccccc3)no2)CC1. The summed E-state index contributed by atoms with van der Waals surface area (Å²) in [5.41, 5.74) is 7.12. The first-order chi connectivity index (χ1) is 9.31. The molecule has 19 heavy (non-hydrogen) atoms. The van der Waals surface area contributed by atoms with Crippen molar-refractivity contribution in [2.75, 3.05) is 0 Å². The first-order valence-electron chi connectivity index (χ1n) is 6.93. The molecule has 1 aliphatic rings. The average molecular weight is 257 g/mol. The Morgan fingerprint density at radius 3 is 2.58 bits per heavy atom. The van der Waals surface area contributed by atoms with E-state index in [4.69, 9.17) is 10.3 Å². The maximum absolute atomic E-state index is 5.92. The van der Waals surface area contributed by atoms with Crippen LogP contribution < -0.4 is 5.73 Å². The summed E-state index contributed by atoms with van der Waals surface area (Å²) < 4.78 is 5.41. The van der Waals surface area contributed by atoms with Gasteiger partial charge in [0.05, 0.1) is 0 Å². The van der Waals surface area contributed by atoms with Crippen LogP contribution in [-0.2, 0) is 6.42 Å². The minimum Gasteiger partial charge on any atom is -0.339 e. The largest absolute Gasteiger partial charge is 0.339 e. The Hall–Kier alpha value is -1.68. The van der Waals surface area contributed by atoms with Gasteiger partial charge in [-0.25, -0.2) is 0 Å². The van der Waals surface area contributed by atoms with E-state index in [1.807, 2.05) is 18.2 Å². The minimum atomic E-state index is 0.350. The second kappa shape index (κ2) is 5.53. The molecule has 100 valence electrons. The van der Waals surface area contributed by atoms with Crippen LogP contribution in [0, 0.1) is 0 Å². The van der Waals surface area contributed by atoms with Gasteiger partial charge in [-0.05, 0) is 31.2 Å². The highest BCUT2D eigenvalue weighted by atomic mass is 16.5.